The maximum atomic E-state index is 13.2. The first-order chi connectivity index (χ1) is 14.6. The monoisotopic (exact) mass is 410 g/mol. The third kappa shape index (κ3) is 6.15. The second-order valence-corrected chi connectivity index (χ2v) is 8.04. The van der Waals surface area contributed by atoms with Crippen molar-refractivity contribution in [1.82, 2.24) is 10.2 Å². The topological polar surface area (TPSA) is 49.4 Å². The Morgan fingerprint density at radius 2 is 1.70 bits per heavy atom. The molecule has 0 saturated heterocycles. The van der Waals surface area contributed by atoms with Gasteiger partial charge in [0, 0.05) is 12.6 Å². The molecule has 2 aromatic rings. The summed E-state index contributed by atoms with van der Waals surface area (Å²) < 4.78 is 13.2. The third-order valence-corrected chi connectivity index (χ3v) is 5.84. The van der Waals surface area contributed by atoms with Gasteiger partial charge in [-0.1, -0.05) is 62.2 Å². The normalized spacial score (nSPS) is 15.0. The van der Waals surface area contributed by atoms with Crippen molar-refractivity contribution in [1.29, 1.82) is 0 Å². The number of amides is 2. The first kappa shape index (κ1) is 22.0. The van der Waals surface area contributed by atoms with Gasteiger partial charge in [-0.15, -0.1) is 0 Å². The second-order valence-electron chi connectivity index (χ2n) is 8.04. The standard InChI is InChI=1S/C25H31FN2O2/c1-2-23(25(30)27-22-10-6-7-11-22)28(17-16-19-8-4-3-5-9-19)24(29)18-20-12-14-21(26)15-13-20/h3-5,8-9,12-15,22-23H,2,6-7,10-11,16-18H2,1H3,(H,27,30). The van der Waals surface area contributed by atoms with Gasteiger partial charge in [-0.3, -0.25) is 9.59 Å². The number of carbonyl (C=O) groups excluding carboxylic acids is 2. The predicted molar refractivity (Wildman–Crippen MR) is 116 cm³/mol. The minimum Gasteiger partial charge on any atom is -0.352 e. The SMILES string of the molecule is CCC(C(=O)NC1CCCC1)N(CCc1ccccc1)C(=O)Cc1ccc(F)cc1. The maximum Gasteiger partial charge on any atom is 0.243 e. The fraction of sp³-hybridized carbons (Fsp3) is 0.440. The molecule has 1 N–H and O–H groups in total. The van der Waals surface area contributed by atoms with Crippen LogP contribution < -0.4 is 5.32 Å². The average Bonchev–Trinajstić information content (AvgIpc) is 3.26. The highest BCUT2D eigenvalue weighted by Gasteiger charge is 2.30. The summed E-state index contributed by atoms with van der Waals surface area (Å²) in [6.07, 6.45) is 5.70. The van der Waals surface area contributed by atoms with Crippen LogP contribution in [0.2, 0.25) is 0 Å². The highest BCUT2D eigenvalue weighted by atomic mass is 19.1. The van der Waals surface area contributed by atoms with Crippen molar-refractivity contribution in [3.05, 3.63) is 71.5 Å². The Bertz CT molecular complexity index is 817. The number of rotatable bonds is 9. The van der Waals surface area contributed by atoms with E-state index in [1.165, 1.54) is 12.1 Å². The molecule has 0 aliphatic heterocycles. The number of hydrogen-bond donors (Lipinski definition) is 1. The fourth-order valence-electron chi connectivity index (χ4n) is 4.14. The van der Waals surface area contributed by atoms with Gasteiger partial charge in [-0.2, -0.15) is 0 Å². The third-order valence-electron chi connectivity index (χ3n) is 5.84. The van der Waals surface area contributed by atoms with E-state index < -0.39 is 6.04 Å². The van der Waals surface area contributed by atoms with Crippen molar-refractivity contribution in [3.63, 3.8) is 0 Å². The summed E-state index contributed by atoms with van der Waals surface area (Å²) >= 11 is 0. The Balaban J connectivity index is 1.74. The molecular formula is C25H31FN2O2. The summed E-state index contributed by atoms with van der Waals surface area (Å²) in [7, 11) is 0. The molecule has 0 spiro atoms. The van der Waals surface area contributed by atoms with Crippen LogP contribution in [0, 0.1) is 5.82 Å². The molecule has 0 radical (unpaired) electrons. The fourth-order valence-corrected chi connectivity index (χ4v) is 4.14. The van der Waals surface area contributed by atoms with E-state index in [2.05, 4.69) is 5.32 Å². The van der Waals surface area contributed by atoms with Gasteiger partial charge in [0.15, 0.2) is 0 Å². The van der Waals surface area contributed by atoms with Crippen molar-refractivity contribution >= 4 is 11.8 Å². The number of benzene rings is 2. The summed E-state index contributed by atoms with van der Waals surface area (Å²) in [5.74, 6) is -0.495. The van der Waals surface area contributed by atoms with Crippen LogP contribution in [0.4, 0.5) is 4.39 Å². The van der Waals surface area contributed by atoms with Gasteiger partial charge in [-0.25, -0.2) is 4.39 Å². The lowest BCUT2D eigenvalue weighted by Crippen LogP contribution is -2.52. The van der Waals surface area contributed by atoms with Crippen molar-refractivity contribution in [2.24, 2.45) is 0 Å². The quantitative estimate of drug-likeness (QED) is 0.671. The molecule has 0 bridgehead atoms. The molecule has 1 atom stereocenters. The van der Waals surface area contributed by atoms with Crippen LogP contribution in [-0.4, -0.2) is 35.3 Å². The smallest absolute Gasteiger partial charge is 0.243 e. The molecule has 160 valence electrons. The number of nitrogens with zero attached hydrogens (tertiary/aromatic N) is 1. The molecule has 5 heteroatoms. The molecule has 1 saturated carbocycles. The van der Waals surface area contributed by atoms with Gasteiger partial charge in [0.2, 0.25) is 11.8 Å². The van der Waals surface area contributed by atoms with Crippen molar-refractivity contribution in [3.8, 4) is 0 Å². The van der Waals surface area contributed by atoms with E-state index in [4.69, 9.17) is 0 Å². The summed E-state index contributed by atoms with van der Waals surface area (Å²) in [5.41, 5.74) is 1.88. The van der Waals surface area contributed by atoms with E-state index in [9.17, 15) is 14.0 Å². The summed E-state index contributed by atoms with van der Waals surface area (Å²) in [4.78, 5) is 28.0. The van der Waals surface area contributed by atoms with Gasteiger partial charge >= 0.3 is 0 Å². The molecule has 30 heavy (non-hydrogen) atoms. The second kappa shape index (κ2) is 10.9. The Morgan fingerprint density at radius 1 is 1.03 bits per heavy atom. The van der Waals surface area contributed by atoms with E-state index in [-0.39, 0.29) is 30.1 Å². The highest BCUT2D eigenvalue weighted by molar-refractivity contribution is 5.88. The Kier molecular flexibility index (Phi) is 8.00. The number of nitrogens with one attached hydrogen (secondary N) is 1. The lowest BCUT2D eigenvalue weighted by Gasteiger charge is -2.31. The van der Waals surface area contributed by atoms with Crippen LogP contribution in [0.1, 0.15) is 50.2 Å². The van der Waals surface area contributed by atoms with Gasteiger partial charge in [0.25, 0.3) is 0 Å². The molecule has 1 fully saturated rings. The molecule has 2 aromatic carbocycles. The largest absolute Gasteiger partial charge is 0.352 e. The highest BCUT2D eigenvalue weighted by Crippen LogP contribution is 2.19. The Morgan fingerprint density at radius 3 is 2.33 bits per heavy atom. The summed E-state index contributed by atoms with van der Waals surface area (Å²) in [5, 5.41) is 3.15. The molecule has 1 aliphatic rings. The molecule has 3 rings (SSSR count). The zero-order chi connectivity index (χ0) is 21.3. The minimum atomic E-state index is -0.498. The number of carbonyl (C=O) groups is 2. The van der Waals surface area contributed by atoms with Crippen LogP contribution in [0.5, 0.6) is 0 Å². The lowest BCUT2D eigenvalue weighted by molar-refractivity contribution is -0.140. The summed E-state index contributed by atoms with van der Waals surface area (Å²) in [6.45, 7) is 2.42. The van der Waals surface area contributed by atoms with Crippen molar-refractivity contribution in [2.45, 2.75) is 64.0 Å². The van der Waals surface area contributed by atoms with E-state index in [0.29, 0.717) is 19.4 Å². The molecule has 0 heterocycles. The molecule has 1 unspecified atom stereocenters. The number of halogens is 1. The van der Waals surface area contributed by atoms with Crippen LogP contribution in [0.3, 0.4) is 0 Å². The first-order valence-corrected chi connectivity index (χ1v) is 10.9. The van der Waals surface area contributed by atoms with E-state index in [1.807, 2.05) is 37.3 Å². The first-order valence-electron chi connectivity index (χ1n) is 10.9. The van der Waals surface area contributed by atoms with Gasteiger partial charge < -0.3 is 10.2 Å². The zero-order valence-electron chi connectivity index (χ0n) is 17.6. The Labute approximate surface area is 178 Å². The van der Waals surface area contributed by atoms with Crippen molar-refractivity contribution < 1.29 is 14.0 Å². The van der Waals surface area contributed by atoms with Crippen LogP contribution in [0.15, 0.2) is 54.6 Å². The van der Waals surface area contributed by atoms with Gasteiger partial charge in [0.05, 0.1) is 6.42 Å². The number of hydrogen-bond acceptors (Lipinski definition) is 2. The molecule has 0 aromatic heterocycles. The van der Waals surface area contributed by atoms with E-state index >= 15 is 0 Å². The average molecular weight is 411 g/mol. The van der Waals surface area contributed by atoms with E-state index in [1.54, 1.807) is 17.0 Å². The maximum absolute atomic E-state index is 13.2. The van der Waals surface area contributed by atoms with Crippen LogP contribution in [-0.2, 0) is 22.4 Å². The van der Waals surface area contributed by atoms with Gasteiger partial charge in [-0.05, 0) is 48.9 Å². The minimum absolute atomic E-state index is 0.0649. The molecule has 1 aliphatic carbocycles. The van der Waals surface area contributed by atoms with Crippen LogP contribution in [0.25, 0.3) is 0 Å². The predicted octanol–water partition coefficient (Wildman–Crippen LogP) is 4.28. The van der Waals surface area contributed by atoms with E-state index in [0.717, 1.165) is 36.8 Å². The molecule has 2 amide bonds. The Hall–Kier alpha value is -2.69. The van der Waals surface area contributed by atoms with Gasteiger partial charge in [0.1, 0.15) is 11.9 Å². The van der Waals surface area contributed by atoms with Crippen LogP contribution >= 0.6 is 0 Å². The summed E-state index contributed by atoms with van der Waals surface area (Å²) in [6, 6.07) is 15.7. The lowest BCUT2D eigenvalue weighted by atomic mass is 10.1. The zero-order valence-corrected chi connectivity index (χ0v) is 17.6. The molecule has 4 nitrogen and oxygen atoms in total. The molecular weight excluding hydrogens is 379 g/mol. The van der Waals surface area contributed by atoms with Crippen molar-refractivity contribution in [2.75, 3.05) is 6.54 Å².